The fourth-order valence-electron chi connectivity index (χ4n) is 1.74. The normalized spacial score (nSPS) is 11.9. The largest absolute Gasteiger partial charge is 0.385 e. The Balaban J connectivity index is 4.59. The molecule has 0 aliphatic heterocycles. The first-order chi connectivity index (χ1) is 6.69. The number of hydrogen-bond acceptors (Lipinski definition) is 1. The lowest BCUT2D eigenvalue weighted by molar-refractivity contribution is 0.819. The van der Waals surface area contributed by atoms with Gasteiger partial charge in [0.05, 0.1) is 0 Å². The maximum atomic E-state index is 3.44. The van der Waals surface area contributed by atoms with E-state index in [1.54, 1.807) is 0 Å². The average molecular weight is 242 g/mol. The van der Waals surface area contributed by atoms with Crippen LogP contribution in [0.25, 0.3) is 0 Å². The van der Waals surface area contributed by atoms with Crippen LogP contribution in [0, 0.1) is 12.0 Å². The van der Waals surface area contributed by atoms with Crippen LogP contribution in [-0.4, -0.2) is 20.7 Å². The zero-order valence-corrected chi connectivity index (χ0v) is 13.6. The van der Waals surface area contributed by atoms with E-state index in [1.807, 2.05) is 0 Å². The van der Waals surface area contributed by atoms with Gasteiger partial charge in [0, 0.05) is 6.42 Å². The molecule has 3 heteroatoms. The van der Waals surface area contributed by atoms with Gasteiger partial charge in [-0.2, -0.15) is 0 Å². The molecular weight excluding hydrogens is 214 g/mol. The van der Waals surface area contributed by atoms with Gasteiger partial charge in [-0.1, -0.05) is 58.5 Å². The summed E-state index contributed by atoms with van der Waals surface area (Å²) in [4.78, 5) is 0. The minimum absolute atomic E-state index is 1.06. The summed E-state index contributed by atoms with van der Waals surface area (Å²) in [7, 11) is -2.52. The van der Waals surface area contributed by atoms with Gasteiger partial charge in [0.15, 0.2) is 0 Å². The highest BCUT2D eigenvalue weighted by atomic mass is 28.4. The highest BCUT2D eigenvalue weighted by Crippen LogP contribution is 2.18. The Hall–Kier alpha value is -0.206. The van der Waals surface area contributed by atoms with E-state index in [4.69, 9.17) is 0 Å². The SMILES string of the molecule is CCCCC#CN([Si](C)(C)C)[Si](C)(C)C. The van der Waals surface area contributed by atoms with Gasteiger partial charge >= 0.3 is 0 Å². The number of unbranched alkanes of at least 4 members (excludes halogenated alkanes) is 2. The quantitative estimate of drug-likeness (QED) is 0.310. The molecule has 0 fully saturated rings. The lowest BCUT2D eigenvalue weighted by atomic mass is 10.3. The minimum Gasteiger partial charge on any atom is -0.385 e. The molecule has 88 valence electrons. The van der Waals surface area contributed by atoms with Gasteiger partial charge < -0.3 is 4.23 Å². The standard InChI is InChI=1S/C12H27NSi2/c1-8-9-10-11-12-13(14(2,3)4)15(5,6)7/h8-10H2,1-7H3. The molecule has 0 amide bonds. The van der Waals surface area contributed by atoms with E-state index in [1.165, 1.54) is 12.8 Å². The van der Waals surface area contributed by atoms with Crippen LogP contribution in [-0.2, 0) is 0 Å². The molecule has 0 rings (SSSR count). The van der Waals surface area contributed by atoms with E-state index in [2.05, 4.69) is 62.4 Å². The van der Waals surface area contributed by atoms with Crippen molar-refractivity contribution in [1.82, 2.24) is 4.23 Å². The maximum absolute atomic E-state index is 3.44. The predicted molar refractivity (Wildman–Crippen MR) is 75.8 cm³/mol. The Morgan fingerprint density at radius 2 is 1.40 bits per heavy atom. The van der Waals surface area contributed by atoms with E-state index in [0.717, 1.165) is 6.42 Å². The van der Waals surface area contributed by atoms with Gasteiger partial charge in [-0.05, 0) is 12.5 Å². The summed E-state index contributed by atoms with van der Waals surface area (Å²) in [6.45, 7) is 16.6. The predicted octanol–water partition coefficient (Wildman–Crippen LogP) is 4.11. The fraction of sp³-hybridized carbons (Fsp3) is 0.833. The van der Waals surface area contributed by atoms with Gasteiger partial charge in [-0.15, -0.1) is 0 Å². The van der Waals surface area contributed by atoms with Gasteiger partial charge in [0.25, 0.3) is 0 Å². The molecule has 0 spiro atoms. The second-order valence-electron chi connectivity index (χ2n) is 6.07. The van der Waals surface area contributed by atoms with Crippen molar-refractivity contribution in [2.75, 3.05) is 0 Å². The highest BCUT2D eigenvalue weighted by molar-refractivity contribution is 6.90. The first-order valence-corrected chi connectivity index (χ1v) is 12.9. The lowest BCUT2D eigenvalue weighted by Crippen LogP contribution is -2.56. The third-order valence-corrected chi connectivity index (χ3v) is 9.12. The van der Waals surface area contributed by atoms with E-state index < -0.39 is 16.5 Å². The summed E-state index contributed by atoms with van der Waals surface area (Å²) >= 11 is 0. The molecule has 0 N–H and O–H groups in total. The van der Waals surface area contributed by atoms with E-state index >= 15 is 0 Å². The second kappa shape index (κ2) is 5.76. The molecule has 0 saturated carbocycles. The zero-order chi connectivity index (χ0) is 12.1. The van der Waals surface area contributed by atoms with Crippen LogP contribution in [0.5, 0.6) is 0 Å². The van der Waals surface area contributed by atoms with Crippen molar-refractivity contribution in [2.45, 2.75) is 65.5 Å². The van der Waals surface area contributed by atoms with Gasteiger partial charge in [0.1, 0.15) is 16.5 Å². The van der Waals surface area contributed by atoms with Crippen LogP contribution in [0.4, 0.5) is 0 Å². The second-order valence-corrected chi connectivity index (χ2v) is 16.1. The Morgan fingerprint density at radius 3 is 1.73 bits per heavy atom. The van der Waals surface area contributed by atoms with Crippen LogP contribution in [0.2, 0.25) is 39.3 Å². The van der Waals surface area contributed by atoms with Crippen molar-refractivity contribution in [3.63, 3.8) is 0 Å². The molecular formula is C12H27NSi2. The van der Waals surface area contributed by atoms with Gasteiger partial charge in [-0.25, -0.2) is 0 Å². The van der Waals surface area contributed by atoms with Crippen molar-refractivity contribution in [1.29, 1.82) is 0 Å². The summed E-state index contributed by atoms with van der Waals surface area (Å²) in [6, 6.07) is 3.44. The monoisotopic (exact) mass is 241 g/mol. The lowest BCUT2D eigenvalue weighted by Gasteiger charge is -2.40. The molecule has 0 saturated heterocycles. The molecule has 0 aromatic heterocycles. The number of nitrogens with zero attached hydrogens (tertiary/aromatic N) is 1. The molecule has 0 aliphatic rings. The van der Waals surface area contributed by atoms with Crippen molar-refractivity contribution in [2.24, 2.45) is 0 Å². The zero-order valence-electron chi connectivity index (χ0n) is 11.6. The minimum atomic E-state index is -1.26. The average Bonchev–Trinajstić information content (AvgIpc) is 1.99. The highest BCUT2D eigenvalue weighted by Gasteiger charge is 2.32. The summed E-state index contributed by atoms with van der Waals surface area (Å²) in [5, 5.41) is 0. The van der Waals surface area contributed by atoms with Crippen molar-refractivity contribution >= 4 is 16.5 Å². The molecule has 1 nitrogen and oxygen atoms in total. The molecule has 0 aliphatic carbocycles. The number of hydrogen-bond donors (Lipinski definition) is 0. The van der Waals surface area contributed by atoms with Gasteiger partial charge in [-0.3, -0.25) is 0 Å². The summed E-state index contributed by atoms with van der Waals surface area (Å²) in [5.74, 6) is 3.34. The molecule has 0 heterocycles. The van der Waals surface area contributed by atoms with Crippen LogP contribution in [0.15, 0.2) is 0 Å². The Morgan fingerprint density at radius 1 is 0.933 bits per heavy atom. The third kappa shape index (κ3) is 6.06. The van der Waals surface area contributed by atoms with E-state index in [-0.39, 0.29) is 0 Å². The first-order valence-electron chi connectivity index (χ1n) is 5.98. The van der Waals surface area contributed by atoms with Gasteiger partial charge in [0.2, 0.25) is 0 Å². The third-order valence-electron chi connectivity index (χ3n) is 2.19. The van der Waals surface area contributed by atoms with Crippen molar-refractivity contribution < 1.29 is 0 Å². The Labute approximate surface area is 98.4 Å². The summed E-state index contributed by atoms with van der Waals surface area (Å²) < 4.78 is 2.54. The van der Waals surface area contributed by atoms with Crippen LogP contribution >= 0.6 is 0 Å². The van der Waals surface area contributed by atoms with Crippen molar-refractivity contribution in [3.05, 3.63) is 0 Å². The Kier molecular flexibility index (Phi) is 5.68. The molecule has 15 heavy (non-hydrogen) atoms. The fourth-order valence-corrected chi connectivity index (χ4v) is 10.6. The molecule has 0 atom stereocenters. The van der Waals surface area contributed by atoms with Crippen LogP contribution < -0.4 is 0 Å². The molecule has 0 radical (unpaired) electrons. The number of rotatable bonds is 4. The molecule has 0 bridgehead atoms. The van der Waals surface area contributed by atoms with Crippen molar-refractivity contribution in [3.8, 4) is 12.0 Å². The molecule has 0 aromatic carbocycles. The summed E-state index contributed by atoms with van der Waals surface area (Å²) in [6.07, 6.45) is 3.54. The van der Waals surface area contributed by atoms with Crippen LogP contribution in [0.3, 0.4) is 0 Å². The topological polar surface area (TPSA) is 3.24 Å². The van der Waals surface area contributed by atoms with E-state index in [0.29, 0.717) is 0 Å². The molecule has 0 aromatic rings. The van der Waals surface area contributed by atoms with Crippen LogP contribution in [0.1, 0.15) is 26.2 Å². The smallest absolute Gasteiger partial charge is 0.147 e. The Bertz CT molecular complexity index is 223. The van der Waals surface area contributed by atoms with E-state index in [9.17, 15) is 0 Å². The maximum Gasteiger partial charge on any atom is 0.147 e. The first kappa shape index (κ1) is 14.8. The summed E-state index contributed by atoms with van der Waals surface area (Å²) in [5.41, 5.74) is 0. The molecule has 0 unspecified atom stereocenters.